The minimum absolute atomic E-state index is 0.135. The van der Waals surface area contributed by atoms with Crippen molar-refractivity contribution in [1.29, 1.82) is 0 Å². The fourth-order valence-corrected chi connectivity index (χ4v) is 3.45. The first kappa shape index (κ1) is 17.6. The standard InChI is InChI=1S/C19H16ClFN2OS/c1-11-6-7-12(2)13(8-11)17-10-25-19(22-17)23-18(24)9-14-15(20)4-3-5-16(14)21/h3-8,10H,9H2,1-2H3,(H,22,23,24). The molecular weight excluding hydrogens is 359 g/mol. The molecule has 3 nitrogen and oxygen atoms in total. The predicted molar refractivity (Wildman–Crippen MR) is 101 cm³/mol. The lowest BCUT2D eigenvalue weighted by atomic mass is 10.0. The number of carbonyl (C=O) groups excluding carboxylic acids is 1. The topological polar surface area (TPSA) is 42.0 Å². The van der Waals surface area contributed by atoms with E-state index < -0.39 is 5.82 Å². The van der Waals surface area contributed by atoms with Crippen LogP contribution >= 0.6 is 22.9 Å². The highest BCUT2D eigenvalue weighted by Gasteiger charge is 2.14. The van der Waals surface area contributed by atoms with Gasteiger partial charge in [-0.05, 0) is 37.6 Å². The molecule has 3 rings (SSSR count). The second kappa shape index (κ2) is 7.33. The van der Waals surface area contributed by atoms with Crippen LogP contribution in [0.5, 0.6) is 0 Å². The molecule has 1 aromatic heterocycles. The van der Waals surface area contributed by atoms with Crippen LogP contribution in [0.2, 0.25) is 5.02 Å². The molecule has 0 saturated carbocycles. The largest absolute Gasteiger partial charge is 0.302 e. The van der Waals surface area contributed by atoms with Gasteiger partial charge in [0.25, 0.3) is 0 Å². The van der Waals surface area contributed by atoms with Crippen molar-refractivity contribution in [3.8, 4) is 11.3 Å². The van der Waals surface area contributed by atoms with Crippen molar-refractivity contribution >= 4 is 34.0 Å². The van der Waals surface area contributed by atoms with Gasteiger partial charge >= 0.3 is 0 Å². The summed E-state index contributed by atoms with van der Waals surface area (Å²) in [5.41, 5.74) is 4.30. The number of thiazole rings is 1. The molecule has 0 bridgehead atoms. The van der Waals surface area contributed by atoms with Gasteiger partial charge in [0.15, 0.2) is 5.13 Å². The lowest BCUT2D eigenvalue weighted by Gasteiger charge is -2.06. The fraction of sp³-hybridized carbons (Fsp3) is 0.158. The maximum absolute atomic E-state index is 13.8. The fourth-order valence-electron chi connectivity index (χ4n) is 2.49. The SMILES string of the molecule is Cc1ccc(C)c(-c2csc(NC(=O)Cc3c(F)cccc3Cl)n2)c1. The number of hydrogen-bond donors (Lipinski definition) is 1. The van der Waals surface area contributed by atoms with E-state index in [4.69, 9.17) is 11.6 Å². The molecule has 1 heterocycles. The Kier molecular flexibility index (Phi) is 5.16. The van der Waals surface area contributed by atoms with Gasteiger partial charge in [-0.15, -0.1) is 11.3 Å². The van der Waals surface area contributed by atoms with Gasteiger partial charge in [-0.1, -0.05) is 35.4 Å². The molecule has 0 fully saturated rings. The van der Waals surface area contributed by atoms with Gasteiger partial charge in [0.1, 0.15) is 5.82 Å². The highest BCUT2D eigenvalue weighted by Crippen LogP contribution is 2.28. The normalized spacial score (nSPS) is 10.7. The van der Waals surface area contributed by atoms with E-state index in [0.29, 0.717) is 5.13 Å². The van der Waals surface area contributed by atoms with Crippen LogP contribution in [-0.2, 0) is 11.2 Å². The number of halogens is 2. The minimum Gasteiger partial charge on any atom is -0.302 e. The third-order valence-corrected chi connectivity index (χ3v) is 4.93. The molecule has 0 aliphatic carbocycles. The van der Waals surface area contributed by atoms with E-state index in [0.717, 1.165) is 22.4 Å². The Morgan fingerprint density at radius 1 is 1.28 bits per heavy atom. The molecule has 6 heteroatoms. The molecule has 0 aliphatic heterocycles. The molecule has 1 N–H and O–H groups in total. The Balaban J connectivity index is 1.75. The van der Waals surface area contributed by atoms with Crippen molar-refractivity contribution < 1.29 is 9.18 Å². The highest BCUT2D eigenvalue weighted by molar-refractivity contribution is 7.14. The molecule has 0 aliphatic rings. The van der Waals surface area contributed by atoms with Crippen LogP contribution in [0, 0.1) is 19.7 Å². The first-order chi connectivity index (χ1) is 11.9. The van der Waals surface area contributed by atoms with Crippen LogP contribution in [0.4, 0.5) is 9.52 Å². The van der Waals surface area contributed by atoms with Crippen LogP contribution in [0.1, 0.15) is 16.7 Å². The van der Waals surface area contributed by atoms with Crippen molar-refractivity contribution in [1.82, 2.24) is 4.98 Å². The van der Waals surface area contributed by atoms with Crippen LogP contribution in [0.25, 0.3) is 11.3 Å². The first-order valence-corrected chi connectivity index (χ1v) is 8.95. The second-order valence-electron chi connectivity index (χ2n) is 5.78. The number of aryl methyl sites for hydroxylation is 2. The molecule has 25 heavy (non-hydrogen) atoms. The summed E-state index contributed by atoms with van der Waals surface area (Å²) in [4.78, 5) is 16.7. The molecular formula is C19H16ClFN2OS. The number of anilines is 1. The summed E-state index contributed by atoms with van der Waals surface area (Å²) in [6.07, 6.45) is -0.135. The smallest absolute Gasteiger partial charge is 0.230 e. The average molecular weight is 375 g/mol. The van der Waals surface area contributed by atoms with Crippen LogP contribution in [0.3, 0.4) is 0 Å². The second-order valence-corrected chi connectivity index (χ2v) is 7.05. The van der Waals surface area contributed by atoms with Crippen molar-refractivity contribution in [3.63, 3.8) is 0 Å². The molecule has 3 aromatic rings. The minimum atomic E-state index is -0.488. The summed E-state index contributed by atoms with van der Waals surface area (Å²) in [6, 6.07) is 10.5. The number of rotatable bonds is 4. The zero-order valence-corrected chi connectivity index (χ0v) is 15.3. The van der Waals surface area contributed by atoms with Crippen LogP contribution < -0.4 is 5.32 Å². The summed E-state index contributed by atoms with van der Waals surface area (Å²) in [6.45, 7) is 4.04. The van der Waals surface area contributed by atoms with Crippen molar-refractivity contribution in [3.05, 3.63) is 69.3 Å². The predicted octanol–water partition coefficient (Wildman–Crippen LogP) is 5.40. The lowest BCUT2D eigenvalue weighted by molar-refractivity contribution is -0.115. The van der Waals surface area contributed by atoms with Crippen LogP contribution in [0.15, 0.2) is 41.8 Å². The van der Waals surface area contributed by atoms with E-state index in [1.165, 1.54) is 23.5 Å². The number of aromatic nitrogens is 1. The zero-order valence-electron chi connectivity index (χ0n) is 13.8. The number of hydrogen-bond acceptors (Lipinski definition) is 3. The van der Waals surface area contributed by atoms with Crippen molar-refractivity contribution in [2.75, 3.05) is 5.32 Å². The van der Waals surface area contributed by atoms with E-state index in [2.05, 4.69) is 16.4 Å². The molecule has 2 aromatic carbocycles. The average Bonchev–Trinajstić information content (AvgIpc) is 3.01. The van der Waals surface area contributed by atoms with Crippen LogP contribution in [-0.4, -0.2) is 10.9 Å². The number of carbonyl (C=O) groups is 1. The molecule has 0 radical (unpaired) electrons. The van der Waals surface area contributed by atoms with Crippen molar-refractivity contribution in [2.45, 2.75) is 20.3 Å². The van der Waals surface area contributed by atoms with Gasteiger partial charge in [0.05, 0.1) is 12.1 Å². The first-order valence-electron chi connectivity index (χ1n) is 7.70. The molecule has 0 unspecified atom stereocenters. The summed E-state index contributed by atoms with van der Waals surface area (Å²) >= 11 is 7.30. The van der Waals surface area contributed by atoms with Gasteiger partial charge < -0.3 is 5.32 Å². The molecule has 0 saturated heterocycles. The van der Waals surface area contributed by atoms with Crippen molar-refractivity contribution in [2.24, 2.45) is 0 Å². The van der Waals surface area contributed by atoms with E-state index in [1.54, 1.807) is 6.07 Å². The Labute approximate surface area is 154 Å². The van der Waals surface area contributed by atoms with Gasteiger partial charge in [-0.3, -0.25) is 4.79 Å². The lowest BCUT2D eigenvalue weighted by Crippen LogP contribution is -2.15. The summed E-state index contributed by atoms with van der Waals surface area (Å²) in [5, 5.41) is 5.33. The molecule has 0 atom stereocenters. The quantitative estimate of drug-likeness (QED) is 0.664. The maximum Gasteiger partial charge on any atom is 0.230 e. The zero-order chi connectivity index (χ0) is 18.0. The van der Waals surface area contributed by atoms with Gasteiger partial charge in [0.2, 0.25) is 5.91 Å². The Hall–Kier alpha value is -2.24. The Bertz CT molecular complexity index is 919. The number of nitrogens with zero attached hydrogens (tertiary/aromatic N) is 1. The molecule has 128 valence electrons. The highest BCUT2D eigenvalue weighted by atomic mass is 35.5. The van der Waals surface area contributed by atoms with E-state index in [9.17, 15) is 9.18 Å². The van der Waals surface area contributed by atoms with E-state index in [1.807, 2.05) is 31.4 Å². The Morgan fingerprint density at radius 2 is 2.08 bits per heavy atom. The monoisotopic (exact) mass is 374 g/mol. The maximum atomic E-state index is 13.8. The number of benzene rings is 2. The molecule has 0 spiro atoms. The van der Waals surface area contributed by atoms with Gasteiger partial charge in [-0.2, -0.15) is 0 Å². The summed E-state index contributed by atoms with van der Waals surface area (Å²) in [5.74, 6) is -0.841. The Morgan fingerprint density at radius 3 is 2.84 bits per heavy atom. The number of amides is 1. The summed E-state index contributed by atoms with van der Waals surface area (Å²) < 4.78 is 13.8. The summed E-state index contributed by atoms with van der Waals surface area (Å²) in [7, 11) is 0. The van der Waals surface area contributed by atoms with E-state index >= 15 is 0 Å². The third-order valence-electron chi connectivity index (χ3n) is 3.82. The number of nitrogens with one attached hydrogen (secondary N) is 1. The van der Waals surface area contributed by atoms with E-state index in [-0.39, 0.29) is 22.9 Å². The van der Waals surface area contributed by atoms with Gasteiger partial charge in [-0.25, -0.2) is 9.37 Å². The van der Waals surface area contributed by atoms with Gasteiger partial charge in [0, 0.05) is 21.5 Å². The molecule has 1 amide bonds. The third kappa shape index (κ3) is 4.06.